The molecule has 1 aromatic heterocycles. The van der Waals surface area contributed by atoms with Gasteiger partial charge in [-0.05, 0) is 66.4 Å². The van der Waals surface area contributed by atoms with Crippen molar-refractivity contribution in [2.45, 2.75) is 57.7 Å². The Morgan fingerprint density at radius 1 is 0.980 bits per heavy atom. The minimum atomic E-state index is -1.07. The van der Waals surface area contributed by atoms with Gasteiger partial charge in [0.1, 0.15) is 24.1 Å². The van der Waals surface area contributed by atoms with Crippen molar-refractivity contribution in [2.24, 2.45) is 0 Å². The molecule has 51 heavy (non-hydrogen) atoms. The third kappa shape index (κ3) is 6.80. The zero-order valence-corrected chi connectivity index (χ0v) is 28.1. The molecule has 0 aliphatic carbocycles. The van der Waals surface area contributed by atoms with Crippen LogP contribution in [-0.2, 0) is 16.2 Å². The van der Waals surface area contributed by atoms with E-state index in [1.165, 1.54) is 13.1 Å². The van der Waals surface area contributed by atoms with E-state index in [-0.39, 0.29) is 54.1 Å². The van der Waals surface area contributed by atoms with E-state index in [1.807, 2.05) is 48.5 Å². The van der Waals surface area contributed by atoms with Gasteiger partial charge >= 0.3 is 0 Å². The normalized spacial score (nSPS) is 20.7. The van der Waals surface area contributed by atoms with Crippen molar-refractivity contribution in [3.63, 3.8) is 0 Å². The average Bonchev–Trinajstić information content (AvgIpc) is 3.36. The van der Waals surface area contributed by atoms with Crippen molar-refractivity contribution in [3.05, 3.63) is 113 Å². The molecule has 0 radical (unpaired) electrons. The van der Waals surface area contributed by atoms with Crippen molar-refractivity contribution >= 4 is 35.1 Å². The fourth-order valence-electron chi connectivity index (χ4n) is 6.81. The summed E-state index contributed by atoms with van der Waals surface area (Å²) in [5, 5.41) is 4.31. The molecule has 8 rings (SSSR count). The molecule has 1 saturated heterocycles. The minimum Gasteiger partial charge on any atom is -0.494 e. The number of anilines is 1. The molecule has 260 valence electrons. The number of imide groups is 2. The summed E-state index contributed by atoms with van der Waals surface area (Å²) in [6.07, 6.45) is 2.28. The number of hydrazine groups is 1. The van der Waals surface area contributed by atoms with E-state index in [0.717, 1.165) is 21.8 Å². The van der Waals surface area contributed by atoms with Crippen LogP contribution in [0.2, 0.25) is 0 Å². The number of benzene rings is 3. The monoisotopic (exact) mass is 688 g/mol. The molecule has 3 atom stereocenters. The van der Waals surface area contributed by atoms with E-state index in [9.17, 15) is 24.0 Å². The van der Waals surface area contributed by atoms with Crippen LogP contribution in [0.5, 0.6) is 11.5 Å². The molecule has 2 N–H and O–H groups in total. The molecule has 3 unspecified atom stereocenters. The van der Waals surface area contributed by atoms with Gasteiger partial charge in [-0.15, -0.1) is 0 Å². The number of aromatic nitrogens is 2. The Morgan fingerprint density at radius 3 is 2.49 bits per heavy atom. The maximum absolute atomic E-state index is 13.9. The van der Waals surface area contributed by atoms with E-state index in [1.54, 1.807) is 24.3 Å². The number of carbonyl (C=O) groups excluding carboxylic acids is 5. The Morgan fingerprint density at radius 2 is 1.75 bits per heavy atom. The molecule has 2 bridgehead atoms. The van der Waals surface area contributed by atoms with Crippen LogP contribution in [0.25, 0.3) is 0 Å². The summed E-state index contributed by atoms with van der Waals surface area (Å²) >= 11 is 0. The number of carbonyl (C=O) groups is 5. The zero-order chi connectivity index (χ0) is 35.6. The van der Waals surface area contributed by atoms with E-state index >= 15 is 0 Å². The fraction of sp³-hybridized carbons (Fsp3) is 0.289. The topological polar surface area (TPSA) is 160 Å². The Bertz CT molecular complexity index is 2020. The summed E-state index contributed by atoms with van der Waals surface area (Å²) in [6.45, 7) is 4.67. The van der Waals surface area contributed by atoms with Gasteiger partial charge in [-0.1, -0.05) is 37.3 Å². The highest BCUT2D eigenvalue weighted by Crippen LogP contribution is 2.39. The number of piperidine rings is 1. The van der Waals surface area contributed by atoms with Crippen molar-refractivity contribution in [3.8, 4) is 11.5 Å². The average molecular weight is 689 g/mol. The van der Waals surface area contributed by atoms with E-state index in [0.29, 0.717) is 36.7 Å². The lowest BCUT2D eigenvalue weighted by Crippen LogP contribution is -2.54. The SMILES string of the molecule is CC(=O)c1nccc(COc2ccc(C3C(C)c4ccc(cc4)OCCCN3Nc3cccc4c3C(=O)N(C3CCC(=O)NC3=O)C4=O)cc2)n1. The maximum Gasteiger partial charge on any atom is 0.264 e. The summed E-state index contributed by atoms with van der Waals surface area (Å²) in [5.74, 6) is -1.000. The van der Waals surface area contributed by atoms with Gasteiger partial charge in [0.2, 0.25) is 11.8 Å². The van der Waals surface area contributed by atoms with Crippen LogP contribution in [0, 0.1) is 0 Å². The van der Waals surface area contributed by atoms with Gasteiger partial charge in [0.15, 0.2) is 11.6 Å². The number of hydrogen-bond acceptors (Lipinski definition) is 11. The summed E-state index contributed by atoms with van der Waals surface area (Å²) in [4.78, 5) is 73.0. The van der Waals surface area contributed by atoms with Gasteiger partial charge in [-0.25, -0.2) is 15.0 Å². The number of amides is 4. The van der Waals surface area contributed by atoms with E-state index in [4.69, 9.17) is 9.47 Å². The molecule has 4 aliphatic heterocycles. The van der Waals surface area contributed by atoms with Crippen molar-refractivity contribution in [2.75, 3.05) is 18.6 Å². The Kier molecular flexibility index (Phi) is 9.28. The standard InChI is InChI=1S/C38H36N6O7/c1-22-24-7-11-27(12-8-24)50-20-4-19-43(34(22)25-9-13-28(14-10-25)51-21-26-17-18-39-35(40-26)23(2)45)42-30-6-3-5-29-33(30)38(49)44(37(29)48)31-15-16-32(46)41-36(31)47/h3,5-14,17-18,22,31,34,42H,4,15-16,19-21H2,1-2H3,(H,41,46,47). The summed E-state index contributed by atoms with van der Waals surface area (Å²) in [5.41, 5.74) is 6.92. The third-order valence-electron chi connectivity index (χ3n) is 9.40. The van der Waals surface area contributed by atoms with Gasteiger partial charge in [0.05, 0.1) is 35.2 Å². The lowest BCUT2D eigenvalue weighted by atomic mass is 9.87. The van der Waals surface area contributed by atoms with E-state index in [2.05, 4.69) is 32.6 Å². The molecular weight excluding hydrogens is 652 g/mol. The quantitative estimate of drug-likeness (QED) is 0.197. The molecule has 13 nitrogen and oxygen atoms in total. The van der Waals surface area contributed by atoms with Gasteiger partial charge in [-0.3, -0.25) is 34.2 Å². The van der Waals surface area contributed by atoms with Crippen LogP contribution in [0.1, 0.15) is 93.2 Å². The van der Waals surface area contributed by atoms with Crippen LogP contribution in [0.3, 0.4) is 0 Å². The molecule has 3 aromatic carbocycles. The third-order valence-corrected chi connectivity index (χ3v) is 9.40. The summed E-state index contributed by atoms with van der Waals surface area (Å²) in [7, 11) is 0. The van der Waals surface area contributed by atoms with Crippen molar-refractivity contribution in [1.82, 2.24) is 25.2 Å². The number of ether oxygens (including phenoxy) is 2. The van der Waals surface area contributed by atoms with Crippen molar-refractivity contribution in [1.29, 1.82) is 0 Å². The van der Waals surface area contributed by atoms with Crippen LogP contribution in [0.4, 0.5) is 5.69 Å². The number of ketones is 1. The number of Topliss-reactive ketones (excluding diaryl/α,β-unsaturated/α-hetero) is 1. The van der Waals surface area contributed by atoms with Crippen LogP contribution >= 0.6 is 0 Å². The van der Waals surface area contributed by atoms with Gasteiger partial charge in [0, 0.05) is 32.0 Å². The first-order chi connectivity index (χ1) is 24.7. The molecule has 13 heteroatoms. The molecule has 0 spiro atoms. The molecular formula is C38H36N6O7. The number of nitrogens with zero attached hydrogens (tertiary/aromatic N) is 4. The smallest absolute Gasteiger partial charge is 0.264 e. The lowest BCUT2D eigenvalue weighted by molar-refractivity contribution is -0.136. The predicted octanol–water partition coefficient (Wildman–Crippen LogP) is 4.62. The van der Waals surface area contributed by atoms with Gasteiger partial charge in [0.25, 0.3) is 11.8 Å². The van der Waals surface area contributed by atoms with Crippen LogP contribution < -0.4 is 20.2 Å². The Balaban J connectivity index is 1.19. The molecule has 5 heterocycles. The fourth-order valence-corrected chi connectivity index (χ4v) is 6.81. The van der Waals surface area contributed by atoms with Crippen LogP contribution in [-0.4, -0.2) is 68.5 Å². The second-order valence-electron chi connectivity index (χ2n) is 12.8. The van der Waals surface area contributed by atoms with Gasteiger partial charge in [-0.2, -0.15) is 0 Å². The lowest BCUT2D eigenvalue weighted by Gasteiger charge is -2.37. The highest BCUT2D eigenvalue weighted by Gasteiger charge is 2.46. The highest BCUT2D eigenvalue weighted by atomic mass is 16.5. The van der Waals surface area contributed by atoms with Crippen LogP contribution in [0.15, 0.2) is 79.0 Å². The van der Waals surface area contributed by atoms with Gasteiger partial charge < -0.3 is 14.9 Å². The van der Waals surface area contributed by atoms with E-state index < -0.39 is 29.7 Å². The highest BCUT2D eigenvalue weighted by molar-refractivity contribution is 6.25. The number of fused-ring (bicyclic) bond motifs is 9. The number of nitrogens with one attached hydrogen (secondary N) is 2. The second kappa shape index (κ2) is 14.1. The predicted molar refractivity (Wildman–Crippen MR) is 184 cm³/mol. The molecule has 0 saturated carbocycles. The Labute approximate surface area is 293 Å². The molecule has 1 fully saturated rings. The second-order valence-corrected chi connectivity index (χ2v) is 12.8. The molecule has 4 aromatic rings. The minimum absolute atomic E-state index is 0.0382. The van der Waals surface area contributed by atoms with Crippen molar-refractivity contribution < 1.29 is 33.4 Å². The molecule has 4 aliphatic rings. The first-order valence-electron chi connectivity index (χ1n) is 16.8. The molecule has 4 amide bonds. The largest absolute Gasteiger partial charge is 0.494 e. The maximum atomic E-state index is 13.9. The summed E-state index contributed by atoms with van der Waals surface area (Å²) < 4.78 is 12.0. The Hall–Kier alpha value is -5.95. The number of rotatable bonds is 8. The zero-order valence-electron chi connectivity index (χ0n) is 28.1. The summed E-state index contributed by atoms with van der Waals surface area (Å²) in [6, 6.07) is 21.2. The number of hydrogen-bond donors (Lipinski definition) is 2. The first kappa shape index (κ1) is 33.5. The first-order valence-corrected chi connectivity index (χ1v) is 16.8.